The molecular weight excluding hydrogens is 408 g/mol. The molecule has 0 amide bonds. The molecule has 5 heteroatoms. The van der Waals surface area contributed by atoms with Gasteiger partial charge in [0.2, 0.25) is 0 Å². The number of benzene rings is 1. The van der Waals surface area contributed by atoms with Crippen molar-refractivity contribution in [3.8, 4) is 0 Å². The highest BCUT2D eigenvalue weighted by Gasteiger charge is 2.63. The van der Waals surface area contributed by atoms with Gasteiger partial charge in [0.05, 0.1) is 17.8 Å². The summed E-state index contributed by atoms with van der Waals surface area (Å²) in [5.74, 6) is 1.98. The van der Waals surface area contributed by atoms with E-state index in [9.17, 15) is 13.2 Å². The third-order valence-electron chi connectivity index (χ3n) is 9.15. The lowest BCUT2D eigenvalue weighted by atomic mass is 9.49. The Morgan fingerprint density at radius 2 is 1.77 bits per heavy atom. The van der Waals surface area contributed by atoms with E-state index in [1.807, 2.05) is 6.92 Å². The Morgan fingerprint density at radius 3 is 2.48 bits per heavy atom. The van der Waals surface area contributed by atoms with E-state index in [2.05, 4.69) is 19.1 Å². The number of ether oxygens (including phenoxy) is 1. The topological polar surface area (TPSA) is 60.4 Å². The van der Waals surface area contributed by atoms with Gasteiger partial charge < -0.3 is 4.74 Å². The van der Waals surface area contributed by atoms with Crippen LogP contribution in [0.25, 0.3) is 0 Å². The molecule has 0 N–H and O–H groups in total. The molecular formula is C26H32O4S. The second kappa shape index (κ2) is 7.06. The summed E-state index contributed by atoms with van der Waals surface area (Å²) in [5.41, 5.74) is 0.932. The van der Waals surface area contributed by atoms with Crippen LogP contribution in [0.2, 0.25) is 0 Å². The zero-order valence-corrected chi connectivity index (χ0v) is 19.5. The highest BCUT2D eigenvalue weighted by atomic mass is 32.2. The lowest BCUT2D eigenvalue weighted by molar-refractivity contribution is -0.131. The minimum atomic E-state index is -3.66. The molecule has 166 valence electrons. The van der Waals surface area contributed by atoms with Gasteiger partial charge >= 0.3 is 0 Å². The Bertz CT molecular complexity index is 1070. The molecule has 1 unspecified atom stereocenters. The van der Waals surface area contributed by atoms with Crippen molar-refractivity contribution >= 4 is 15.6 Å². The molecule has 2 saturated carbocycles. The van der Waals surface area contributed by atoms with E-state index < -0.39 is 20.5 Å². The molecule has 31 heavy (non-hydrogen) atoms. The minimum absolute atomic E-state index is 0.0510. The van der Waals surface area contributed by atoms with Crippen LogP contribution in [-0.2, 0) is 19.4 Å². The van der Waals surface area contributed by atoms with Crippen molar-refractivity contribution in [2.75, 3.05) is 7.11 Å². The average Bonchev–Trinajstić information content (AvgIpc) is 3.05. The fraction of sp³-hybridized carbons (Fsp3) is 0.577. The van der Waals surface area contributed by atoms with Crippen molar-refractivity contribution in [1.82, 2.24) is 0 Å². The van der Waals surface area contributed by atoms with Crippen molar-refractivity contribution < 1.29 is 17.9 Å². The van der Waals surface area contributed by atoms with Gasteiger partial charge in [0, 0.05) is 11.8 Å². The number of hydrogen-bond donors (Lipinski definition) is 0. The quantitative estimate of drug-likeness (QED) is 0.655. The first-order valence-electron chi connectivity index (χ1n) is 11.5. The number of methoxy groups -OCH3 is 1. The van der Waals surface area contributed by atoms with Crippen LogP contribution in [0.4, 0.5) is 0 Å². The lowest BCUT2D eigenvalue weighted by Gasteiger charge is -2.55. The summed E-state index contributed by atoms with van der Waals surface area (Å²) < 4.78 is 32.3. The summed E-state index contributed by atoms with van der Waals surface area (Å²) >= 11 is 0. The second-order valence-corrected chi connectivity index (χ2v) is 12.5. The summed E-state index contributed by atoms with van der Waals surface area (Å²) in [6.45, 7) is 4.42. The second-order valence-electron chi connectivity index (χ2n) is 10.4. The van der Waals surface area contributed by atoms with Crippen LogP contribution in [0.5, 0.6) is 0 Å². The molecule has 1 aromatic carbocycles. The standard InChI is InChI=1S/C26H32O4S/c1-25-13-11-18(30-3)15-17(25)9-10-20-21(25)12-14-26(2)22(20)16-23(24(26)27)31(28,29)19-7-5-4-6-8-19/h4-9,15,20-23H,10-14,16H2,1-3H3/t20-,21+,22+,23?,25+,26+/m1/s1. The molecule has 0 spiro atoms. The predicted molar refractivity (Wildman–Crippen MR) is 120 cm³/mol. The Kier molecular flexibility index (Phi) is 4.78. The fourth-order valence-corrected chi connectivity index (χ4v) is 9.15. The maximum absolute atomic E-state index is 13.6. The van der Waals surface area contributed by atoms with Crippen molar-refractivity contribution in [3.05, 3.63) is 53.8 Å². The largest absolute Gasteiger partial charge is 0.501 e. The molecule has 1 aromatic rings. The van der Waals surface area contributed by atoms with E-state index in [1.54, 1.807) is 37.4 Å². The van der Waals surface area contributed by atoms with E-state index >= 15 is 0 Å². The average molecular weight is 441 g/mol. The normalized spacial score (nSPS) is 39.6. The number of sulfone groups is 1. The third kappa shape index (κ3) is 2.92. The molecule has 0 aromatic heterocycles. The first-order chi connectivity index (χ1) is 14.7. The monoisotopic (exact) mass is 440 g/mol. The van der Waals surface area contributed by atoms with Gasteiger partial charge in [-0.25, -0.2) is 8.42 Å². The number of Topliss-reactive ketones (excluding diaryl/α,β-unsaturated/α-hetero) is 1. The third-order valence-corrected chi connectivity index (χ3v) is 11.2. The zero-order valence-electron chi connectivity index (χ0n) is 18.6. The van der Waals surface area contributed by atoms with Crippen LogP contribution < -0.4 is 0 Å². The molecule has 4 nitrogen and oxygen atoms in total. The van der Waals surface area contributed by atoms with Crippen LogP contribution in [0.3, 0.4) is 0 Å². The number of ketones is 1. The molecule has 0 aliphatic heterocycles. The molecule has 5 rings (SSSR count). The smallest absolute Gasteiger partial charge is 0.188 e. The summed E-state index contributed by atoms with van der Waals surface area (Å²) in [7, 11) is -1.92. The van der Waals surface area contributed by atoms with E-state index in [4.69, 9.17) is 4.74 Å². The Labute approximate surface area is 185 Å². The fourth-order valence-electron chi connectivity index (χ4n) is 7.27. The highest BCUT2D eigenvalue weighted by Crippen LogP contribution is 2.64. The molecule has 4 aliphatic rings. The van der Waals surface area contributed by atoms with E-state index in [0.717, 1.165) is 37.9 Å². The number of hydrogen-bond acceptors (Lipinski definition) is 4. The van der Waals surface area contributed by atoms with E-state index in [-0.39, 0.29) is 22.0 Å². The minimum Gasteiger partial charge on any atom is -0.501 e. The summed E-state index contributed by atoms with van der Waals surface area (Å²) in [6.07, 6.45) is 9.74. The Hall–Kier alpha value is -1.88. The molecule has 6 atom stereocenters. The number of allylic oxidation sites excluding steroid dienone is 4. The van der Waals surface area contributed by atoms with Gasteiger partial charge in [0.1, 0.15) is 5.25 Å². The maximum Gasteiger partial charge on any atom is 0.188 e. The molecule has 0 bridgehead atoms. The summed E-state index contributed by atoms with van der Waals surface area (Å²) in [5, 5.41) is -0.909. The predicted octanol–water partition coefficient (Wildman–Crippen LogP) is 5.11. The van der Waals surface area contributed by atoms with Crippen LogP contribution in [0.1, 0.15) is 52.4 Å². The van der Waals surface area contributed by atoms with Gasteiger partial charge in [-0.15, -0.1) is 0 Å². The van der Waals surface area contributed by atoms with Gasteiger partial charge in [-0.1, -0.05) is 38.1 Å². The molecule has 0 saturated heterocycles. The lowest BCUT2D eigenvalue weighted by Crippen LogP contribution is -2.49. The number of fused-ring (bicyclic) bond motifs is 5. The maximum atomic E-state index is 13.6. The SMILES string of the molecule is COC1=CC2=CC[C@@H]3[C@H](CC[C@]4(C)C(=O)C(S(=O)(=O)c5ccccc5)C[C@@H]34)[C@@]2(C)CC1. The van der Waals surface area contributed by atoms with E-state index in [1.165, 1.54) is 5.57 Å². The van der Waals surface area contributed by atoms with Crippen LogP contribution in [-0.4, -0.2) is 26.6 Å². The number of carbonyl (C=O) groups is 1. The van der Waals surface area contributed by atoms with Crippen molar-refractivity contribution in [3.63, 3.8) is 0 Å². The molecule has 0 heterocycles. The molecule has 4 aliphatic carbocycles. The molecule has 2 fully saturated rings. The summed E-state index contributed by atoms with van der Waals surface area (Å²) in [4.78, 5) is 13.9. The van der Waals surface area contributed by atoms with Gasteiger partial charge in [-0.05, 0) is 79.1 Å². The first kappa shape index (κ1) is 21.0. The van der Waals surface area contributed by atoms with Gasteiger partial charge in [-0.2, -0.15) is 0 Å². The highest BCUT2D eigenvalue weighted by molar-refractivity contribution is 7.92. The van der Waals surface area contributed by atoms with E-state index in [0.29, 0.717) is 18.3 Å². The van der Waals surface area contributed by atoms with Crippen molar-refractivity contribution in [2.45, 2.75) is 62.5 Å². The summed E-state index contributed by atoms with van der Waals surface area (Å²) in [6, 6.07) is 8.51. The van der Waals surface area contributed by atoms with Gasteiger partial charge in [-0.3, -0.25) is 4.79 Å². The van der Waals surface area contributed by atoms with Crippen LogP contribution in [0.15, 0.2) is 58.7 Å². The van der Waals surface area contributed by atoms with Gasteiger partial charge in [0.25, 0.3) is 0 Å². The van der Waals surface area contributed by atoms with Crippen LogP contribution in [0, 0.1) is 28.6 Å². The van der Waals surface area contributed by atoms with Crippen molar-refractivity contribution in [1.29, 1.82) is 0 Å². The number of rotatable bonds is 3. The Balaban J connectivity index is 1.50. The zero-order chi connectivity index (χ0) is 22.0. The Morgan fingerprint density at radius 1 is 1.03 bits per heavy atom. The van der Waals surface area contributed by atoms with Gasteiger partial charge in [0.15, 0.2) is 15.6 Å². The van der Waals surface area contributed by atoms with Crippen LogP contribution >= 0.6 is 0 Å². The first-order valence-corrected chi connectivity index (χ1v) is 13.0. The number of carbonyl (C=O) groups excluding carboxylic acids is 1. The molecule has 0 radical (unpaired) electrons. The van der Waals surface area contributed by atoms with Crippen molar-refractivity contribution in [2.24, 2.45) is 28.6 Å².